The van der Waals surface area contributed by atoms with Crippen LogP contribution in [0.1, 0.15) is 24.0 Å². The van der Waals surface area contributed by atoms with Crippen LogP contribution in [-0.4, -0.2) is 18.6 Å². The van der Waals surface area contributed by atoms with E-state index < -0.39 is 0 Å². The number of H-pyrrole nitrogens is 1. The van der Waals surface area contributed by atoms with Crippen molar-refractivity contribution >= 4 is 22.5 Å². The van der Waals surface area contributed by atoms with E-state index in [4.69, 9.17) is 22.1 Å². The van der Waals surface area contributed by atoms with E-state index in [0.717, 1.165) is 42.8 Å². The first-order valence-corrected chi connectivity index (χ1v) is 8.67. The Morgan fingerprint density at radius 1 is 1.17 bits per heavy atom. The van der Waals surface area contributed by atoms with E-state index in [9.17, 15) is 0 Å². The first-order chi connectivity index (χ1) is 11.7. The van der Waals surface area contributed by atoms with Crippen molar-refractivity contribution in [3.8, 4) is 17.0 Å². The van der Waals surface area contributed by atoms with Crippen LogP contribution in [-0.2, 0) is 6.42 Å². The molecule has 0 saturated carbocycles. The minimum Gasteiger partial charge on any atom is -0.496 e. The van der Waals surface area contributed by atoms with Gasteiger partial charge >= 0.3 is 0 Å². The molecule has 3 N–H and O–H groups in total. The van der Waals surface area contributed by atoms with Crippen LogP contribution in [0.5, 0.6) is 5.75 Å². The monoisotopic (exact) mass is 342 g/mol. The lowest BCUT2D eigenvalue weighted by Crippen LogP contribution is -1.99. The number of hydrogen-bond acceptors (Lipinski definition) is 2. The standard InChI is InChI=1S/C20H23ClN2O/c1-13-6-5-8-15-16(7-3-4-11-22)20(23-19(13)15)17-12-14(21)9-10-18(17)24-2/h5-6,8-10,12,23H,3-4,7,11,22H2,1-2H3. The number of nitrogens with two attached hydrogens (primary N) is 1. The number of halogens is 1. The van der Waals surface area contributed by atoms with Crippen LogP contribution in [0.2, 0.25) is 5.02 Å². The van der Waals surface area contributed by atoms with Gasteiger partial charge in [-0.05, 0) is 62.1 Å². The van der Waals surface area contributed by atoms with E-state index in [1.54, 1.807) is 7.11 Å². The summed E-state index contributed by atoms with van der Waals surface area (Å²) in [5.41, 5.74) is 11.5. The zero-order chi connectivity index (χ0) is 17.1. The molecule has 4 heteroatoms. The molecule has 0 radical (unpaired) electrons. The van der Waals surface area contributed by atoms with E-state index in [-0.39, 0.29) is 0 Å². The third kappa shape index (κ3) is 3.14. The molecule has 0 aliphatic carbocycles. The zero-order valence-electron chi connectivity index (χ0n) is 14.2. The van der Waals surface area contributed by atoms with Crippen LogP contribution in [0.15, 0.2) is 36.4 Å². The summed E-state index contributed by atoms with van der Waals surface area (Å²) in [6, 6.07) is 12.1. The number of aryl methyl sites for hydroxylation is 2. The molecule has 0 unspecified atom stereocenters. The van der Waals surface area contributed by atoms with Crippen molar-refractivity contribution < 1.29 is 4.74 Å². The average molecular weight is 343 g/mol. The maximum atomic E-state index is 6.25. The smallest absolute Gasteiger partial charge is 0.128 e. The van der Waals surface area contributed by atoms with Crippen LogP contribution in [0, 0.1) is 6.92 Å². The van der Waals surface area contributed by atoms with Gasteiger partial charge in [-0.25, -0.2) is 0 Å². The normalized spacial score (nSPS) is 11.2. The molecule has 0 atom stereocenters. The number of aromatic nitrogens is 1. The summed E-state index contributed by atoms with van der Waals surface area (Å²) in [5, 5.41) is 1.97. The average Bonchev–Trinajstić information content (AvgIpc) is 2.95. The zero-order valence-corrected chi connectivity index (χ0v) is 14.9. The van der Waals surface area contributed by atoms with E-state index in [2.05, 4.69) is 30.1 Å². The Kier molecular flexibility index (Phi) is 5.12. The lowest BCUT2D eigenvalue weighted by Gasteiger charge is -2.10. The first kappa shape index (κ1) is 16.9. The van der Waals surface area contributed by atoms with E-state index in [0.29, 0.717) is 5.02 Å². The molecule has 2 aromatic carbocycles. The Labute approximate surface area is 147 Å². The number of nitrogens with one attached hydrogen (secondary N) is 1. The topological polar surface area (TPSA) is 51.0 Å². The molecule has 0 amide bonds. The Balaban J connectivity index is 2.21. The minimum atomic E-state index is 0.703. The third-order valence-corrected chi connectivity index (χ3v) is 4.70. The van der Waals surface area contributed by atoms with Crippen LogP contribution < -0.4 is 10.5 Å². The second-order valence-corrected chi connectivity index (χ2v) is 6.50. The maximum Gasteiger partial charge on any atom is 0.128 e. The molecule has 3 aromatic rings. The van der Waals surface area contributed by atoms with Crippen molar-refractivity contribution in [3.05, 3.63) is 52.5 Å². The molecular weight excluding hydrogens is 320 g/mol. The molecule has 0 spiro atoms. The number of benzene rings is 2. The molecule has 0 fully saturated rings. The van der Waals surface area contributed by atoms with Crippen LogP contribution in [0.25, 0.3) is 22.2 Å². The highest BCUT2D eigenvalue weighted by Crippen LogP contribution is 2.38. The fourth-order valence-electron chi connectivity index (χ4n) is 3.23. The first-order valence-electron chi connectivity index (χ1n) is 8.30. The largest absolute Gasteiger partial charge is 0.496 e. The molecule has 3 nitrogen and oxygen atoms in total. The molecular formula is C20H23ClN2O. The van der Waals surface area contributed by atoms with E-state index in [1.165, 1.54) is 22.0 Å². The third-order valence-electron chi connectivity index (χ3n) is 4.46. The number of hydrogen-bond donors (Lipinski definition) is 2. The van der Waals surface area contributed by atoms with Crippen LogP contribution in [0.4, 0.5) is 0 Å². The summed E-state index contributed by atoms with van der Waals surface area (Å²) < 4.78 is 5.56. The highest BCUT2D eigenvalue weighted by molar-refractivity contribution is 6.31. The summed E-state index contributed by atoms with van der Waals surface area (Å²) in [5.74, 6) is 0.823. The number of fused-ring (bicyclic) bond motifs is 1. The van der Waals surface area contributed by atoms with Gasteiger partial charge in [0.15, 0.2) is 0 Å². The molecule has 1 heterocycles. The van der Waals surface area contributed by atoms with E-state index >= 15 is 0 Å². The Morgan fingerprint density at radius 3 is 2.75 bits per heavy atom. The molecule has 0 aliphatic rings. The molecule has 3 rings (SSSR count). The quantitative estimate of drug-likeness (QED) is 0.613. The molecule has 0 saturated heterocycles. The fraction of sp³-hybridized carbons (Fsp3) is 0.300. The Bertz CT molecular complexity index is 854. The predicted molar refractivity (Wildman–Crippen MR) is 102 cm³/mol. The highest BCUT2D eigenvalue weighted by Gasteiger charge is 2.17. The maximum absolute atomic E-state index is 6.25. The molecule has 1 aromatic heterocycles. The van der Waals surface area contributed by atoms with Gasteiger partial charge in [0.25, 0.3) is 0 Å². The number of para-hydroxylation sites is 1. The minimum absolute atomic E-state index is 0.703. The summed E-state index contributed by atoms with van der Waals surface area (Å²) in [6.07, 6.45) is 3.06. The fourth-order valence-corrected chi connectivity index (χ4v) is 3.40. The van der Waals surface area contributed by atoms with Gasteiger partial charge in [-0.15, -0.1) is 0 Å². The Hall–Kier alpha value is -1.97. The summed E-state index contributed by atoms with van der Waals surface area (Å²) in [7, 11) is 1.69. The van der Waals surface area contributed by atoms with Gasteiger partial charge in [0.1, 0.15) is 5.75 Å². The van der Waals surface area contributed by atoms with Crippen LogP contribution in [0.3, 0.4) is 0 Å². The molecule has 126 valence electrons. The summed E-state index contributed by atoms with van der Waals surface area (Å²) in [6.45, 7) is 2.85. The van der Waals surface area contributed by atoms with Crippen molar-refractivity contribution in [1.82, 2.24) is 4.98 Å². The number of aromatic amines is 1. The van der Waals surface area contributed by atoms with Crippen molar-refractivity contribution in [2.24, 2.45) is 5.73 Å². The number of methoxy groups -OCH3 is 1. The predicted octanol–water partition coefficient (Wildman–Crippen LogP) is 5.09. The summed E-state index contributed by atoms with van der Waals surface area (Å²) >= 11 is 6.25. The number of unbranched alkanes of at least 4 members (excludes halogenated alkanes) is 1. The van der Waals surface area contributed by atoms with Crippen LogP contribution >= 0.6 is 11.6 Å². The van der Waals surface area contributed by atoms with Gasteiger partial charge in [0, 0.05) is 21.5 Å². The lowest BCUT2D eigenvalue weighted by molar-refractivity contribution is 0.416. The number of rotatable bonds is 6. The second kappa shape index (κ2) is 7.29. The van der Waals surface area contributed by atoms with Crippen molar-refractivity contribution in [1.29, 1.82) is 0 Å². The van der Waals surface area contributed by atoms with Gasteiger partial charge in [-0.2, -0.15) is 0 Å². The van der Waals surface area contributed by atoms with Gasteiger partial charge in [0.05, 0.1) is 12.8 Å². The van der Waals surface area contributed by atoms with Gasteiger partial charge in [0.2, 0.25) is 0 Å². The summed E-state index contributed by atoms with van der Waals surface area (Å²) in [4.78, 5) is 3.61. The van der Waals surface area contributed by atoms with Gasteiger partial charge < -0.3 is 15.5 Å². The SMILES string of the molecule is COc1ccc(Cl)cc1-c1[nH]c2c(C)cccc2c1CCCCN. The second-order valence-electron chi connectivity index (χ2n) is 6.07. The number of ether oxygens (including phenoxy) is 1. The molecule has 0 bridgehead atoms. The van der Waals surface area contributed by atoms with Gasteiger partial charge in [-0.3, -0.25) is 0 Å². The molecule has 24 heavy (non-hydrogen) atoms. The van der Waals surface area contributed by atoms with Crippen molar-refractivity contribution in [2.45, 2.75) is 26.2 Å². The lowest BCUT2D eigenvalue weighted by atomic mass is 9.99. The highest BCUT2D eigenvalue weighted by atomic mass is 35.5. The van der Waals surface area contributed by atoms with E-state index in [1.807, 2.05) is 18.2 Å². The van der Waals surface area contributed by atoms with Gasteiger partial charge in [-0.1, -0.05) is 29.8 Å². The Morgan fingerprint density at radius 2 is 2.00 bits per heavy atom. The molecule has 0 aliphatic heterocycles. The van der Waals surface area contributed by atoms with Crippen molar-refractivity contribution in [2.75, 3.05) is 13.7 Å². The van der Waals surface area contributed by atoms with Crippen molar-refractivity contribution in [3.63, 3.8) is 0 Å².